The van der Waals surface area contributed by atoms with Gasteiger partial charge in [0.25, 0.3) is 0 Å². The Balaban J connectivity index is 1.63. The third-order valence-electron chi connectivity index (χ3n) is 4.18. The lowest BCUT2D eigenvalue weighted by atomic mass is 10.2. The monoisotopic (exact) mass is 413 g/mol. The van der Waals surface area contributed by atoms with Gasteiger partial charge in [-0.05, 0) is 18.2 Å². The number of amides is 1. The van der Waals surface area contributed by atoms with Crippen LogP contribution in [0.4, 0.5) is 0 Å². The Labute approximate surface area is 173 Å². The molecule has 2 heterocycles. The predicted octanol–water partition coefficient (Wildman–Crippen LogP) is 2.40. The van der Waals surface area contributed by atoms with Gasteiger partial charge in [-0.15, -0.1) is 10.2 Å². The lowest BCUT2D eigenvalue weighted by Gasteiger charge is -2.11. The molecule has 0 aliphatic rings. The van der Waals surface area contributed by atoms with E-state index in [0.29, 0.717) is 24.9 Å². The van der Waals surface area contributed by atoms with Gasteiger partial charge in [0.15, 0.2) is 11.0 Å². The van der Waals surface area contributed by atoms with Gasteiger partial charge in [0.2, 0.25) is 5.91 Å². The van der Waals surface area contributed by atoms with Crippen molar-refractivity contribution in [3.8, 4) is 17.1 Å². The molecule has 0 radical (unpaired) electrons. The van der Waals surface area contributed by atoms with E-state index in [1.807, 2.05) is 41.0 Å². The summed E-state index contributed by atoms with van der Waals surface area (Å²) in [5.41, 5.74) is 1.84. The summed E-state index contributed by atoms with van der Waals surface area (Å²) in [4.78, 5) is 16.4. The van der Waals surface area contributed by atoms with Crippen molar-refractivity contribution in [3.63, 3.8) is 0 Å². The molecule has 1 aromatic carbocycles. The zero-order valence-electron chi connectivity index (χ0n) is 16.4. The van der Waals surface area contributed by atoms with Gasteiger partial charge < -0.3 is 14.8 Å². The fraction of sp³-hybridized carbons (Fsp3) is 0.300. The van der Waals surface area contributed by atoms with Crippen LogP contribution in [0.1, 0.15) is 5.56 Å². The van der Waals surface area contributed by atoms with Crippen molar-refractivity contribution in [1.29, 1.82) is 0 Å². The van der Waals surface area contributed by atoms with Crippen LogP contribution in [-0.4, -0.2) is 52.2 Å². The summed E-state index contributed by atoms with van der Waals surface area (Å²) >= 11 is 1.34. The van der Waals surface area contributed by atoms with Gasteiger partial charge >= 0.3 is 0 Å². The second-order valence-electron chi connectivity index (χ2n) is 6.06. The summed E-state index contributed by atoms with van der Waals surface area (Å²) in [5.74, 6) is 1.62. The normalized spacial score (nSPS) is 10.7. The van der Waals surface area contributed by atoms with Crippen LogP contribution in [0.25, 0.3) is 11.4 Å². The first kappa shape index (κ1) is 20.8. The van der Waals surface area contributed by atoms with E-state index in [0.717, 1.165) is 22.7 Å². The Bertz CT molecular complexity index is 933. The number of thioether (sulfide) groups is 1. The standard InChI is InChI=1S/C20H23N5O3S/c1-27-12-11-25-19(15-7-9-21-10-8-15)23-24-20(25)29-14-18(26)22-13-16-5-3-4-6-17(16)28-2/h3-10H,11-14H2,1-2H3,(H,22,26). The van der Waals surface area contributed by atoms with E-state index in [2.05, 4.69) is 20.5 Å². The maximum absolute atomic E-state index is 12.3. The molecule has 0 aliphatic carbocycles. The van der Waals surface area contributed by atoms with Crippen molar-refractivity contribution in [2.45, 2.75) is 18.2 Å². The first-order chi connectivity index (χ1) is 14.2. The van der Waals surface area contributed by atoms with Crippen LogP contribution in [0, 0.1) is 0 Å². The number of para-hydroxylation sites is 1. The molecule has 0 unspecified atom stereocenters. The number of nitrogens with zero attached hydrogens (tertiary/aromatic N) is 4. The third kappa shape index (κ3) is 5.55. The number of carbonyl (C=O) groups excluding carboxylic acids is 1. The molecule has 0 fully saturated rings. The number of aromatic nitrogens is 4. The van der Waals surface area contributed by atoms with Crippen molar-refractivity contribution in [3.05, 3.63) is 54.4 Å². The predicted molar refractivity (Wildman–Crippen MR) is 111 cm³/mol. The van der Waals surface area contributed by atoms with Crippen molar-refractivity contribution < 1.29 is 14.3 Å². The van der Waals surface area contributed by atoms with E-state index in [1.54, 1.807) is 26.6 Å². The van der Waals surface area contributed by atoms with E-state index in [1.165, 1.54) is 11.8 Å². The molecule has 29 heavy (non-hydrogen) atoms. The number of pyridine rings is 1. The Morgan fingerprint density at radius 1 is 1.14 bits per heavy atom. The summed E-state index contributed by atoms with van der Waals surface area (Å²) in [6.07, 6.45) is 3.42. The van der Waals surface area contributed by atoms with Gasteiger partial charge in [-0.25, -0.2) is 0 Å². The number of hydrogen-bond acceptors (Lipinski definition) is 7. The summed E-state index contributed by atoms with van der Waals surface area (Å²) in [6.45, 7) is 1.51. The highest BCUT2D eigenvalue weighted by Crippen LogP contribution is 2.23. The number of rotatable bonds is 10. The van der Waals surface area contributed by atoms with Gasteiger partial charge in [-0.2, -0.15) is 0 Å². The van der Waals surface area contributed by atoms with Crippen LogP contribution >= 0.6 is 11.8 Å². The first-order valence-corrected chi connectivity index (χ1v) is 10.1. The molecule has 2 aromatic heterocycles. The first-order valence-electron chi connectivity index (χ1n) is 9.07. The van der Waals surface area contributed by atoms with E-state index >= 15 is 0 Å². The van der Waals surface area contributed by atoms with Crippen LogP contribution < -0.4 is 10.1 Å². The number of carbonyl (C=O) groups is 1. The van der Waals surface area contributed by atoms with Crippen LogP contribution in [0.15, 0.2) is 53.9 Å². The SMILES string of the molecule is COCCn1c(SCC(=O)NCc2ccccc2OC)nnc1-c1ccncc1. The lowest BCUT2D eigenvalue weighted by Crippen LogP contribution is -2.25. The molecule has 9 heteroatoms. The summed E-state index contributed by atoms with van der Waals surface area (Å²) < 4.78 is 12.5. The topological polar surface area (TPSA) is 91.2 Å². The second kappa shape index (κ2) is 10.6. The second-order valence-corrected chi connectivity index (χ2v) is 7.01. The Morgan fingerprint density at radius 2 is 1.93 bits per heavy atom. The van der Waals surface area contributed by atoms with Crippen molar-refractivity contribution in [1.82, 2.24) is 25.1 Å². The zero-order valence-corrected chi connectivity index (χ0v) is 17.2. The summed E-state index contributed by atoms with van der Waals surface area (Å²) in [7, 11) is 3.26. The van der Waals surface area contributed by atoms with Crippen LogP contribution in [0.3, 0.4) is 0 Å². The van der Waals surface area contributed by atoms with Crippen LogP contribution in [0.2, 0.25) is 0 Å². The molecule has 1 amide bonds. The van der Waals surface area contributed by atoms with Crippen LogP contribution in [0.5, 0.6) is 5.75 Å². The zero-order chi connectivity index (χ0) is 20.5. The average Bonchev–Trinajstić information content (AvgIpc) is 3.18. The van der Waals surface area contributed by atoms with Gasteiger partial charge in [0, 0.05) is 37.2 Å². The molecule has 152 valence electrons. The van der Waals surface area contributed by atoms with E-state index < -0.39 is 0 Å². The Morgan fingerprint density at radius 3 is 2.69 bits per heavy atom. The van der Waals surface area contributed by atoms with Gasteiger partial charge in [-0.3, -0.25) is 14.3 Å². The molecule has 1 N–H and O–H groups in total. The minimum atomic E-state index is -0.0901. The fourth-order valence-corrected chi connectivity index (χ4v) is 3.51. The van der Waals surface area contributed by atoms with Crippen molar-refractivity contribution in [2.75, 3.05) is 26.6 Å². The number of nitrogens with one attached hydrogen (secondary N) is 1. The molecule has 3 aromatic rings. The highest BCUT2D eigenvalue weighted by Gasteiger charge is 2.15. The van der Waals surface area contributed by atoms with Crippen LogP contribution in [-0.2, 0) is 22.6 Å². The minimum absolute atomic E-state index is 0.0901. The quantitative estimate of drug-likeness (QED) is 0.510. The molecule has 3 rings (SSSR count). The highest BCUT2D eigenvalue weighted by atomic mass is 32.2. The Hall–Kier alpha value is -2.91. The van der Waals surface area contributed by atoms with Gasteiger partial charge in [0.05, 0.1) is 26.0 Å². The minimum Gasteiger partial charge on any atom is -0.496 e. The van der Waals surface area contributed by atoms with E-state index in [9.17, 15) is 4.79 Å². The molecule has 8 nitrogen and oxygen atoms in total. The van der Waals surface area contributed by atoms with E-state index in [-0.39, 0.29) is 11.7 Å². The third-order valence-corrected chi connectivity index (χ3v) is 5.14. The van der Waals surface area contributed by atoms with Crippen molar-refractivity contribution in [2.24, 2.45) is 0 Å². The number of methoxy groups -OCH3 is 2. The maximum atomic E-state index is 12.3. The average molecular weight is 414 g/mol. The molecule has 0 atom stereocenters. The number of hydrogen-bond donors (Lipinski definition) is 1. The molecular weight excluding hydrogens is 390 g/mol. The van der Waals surface area contributed by atoms with Gasteiger partial charge in [-0.1, -0.05) is 30.0 Å². The van der Waals surface area contributed by atoms with Gasteiger partial charge in [0.1, 0.15) is 5.75 Å². The molecule has 0 saturated carbocycles. The molecular formula is C20H23N5O3S. The number of ether oxygens (including phenoxy) is 2. The summed E-state index contributed by atoms with van der Waals surface area (Å²) in [6, 6.07) is 11.4. The molecule has 0 saturated heterocycles. The highest BCUT2D eigenvalue weighted by molar-refractivity contribution is 7.99. The fourth-order valence-electron chi connectivity index (χ4n) is 2.72. The maximum Gasteiger partial charge on any atom is 0.230 e. The lowest BCUT2D eigenvalue weighted by molar-refractivity contribution is -0.118. The number of benzene rings is 1. The Kier molecular flexibility index (Phi) is 7.60. The molecule has 0 bridgehead atoms. The molecule has 0 spiro atoms. The molecule has 0 aliphatic heterocycles. The smallest absolute Gasteiger partial charge is 0.230 e. The largest absolute Gasteiger partial charge is 0.496 e. The van der Waals surface area contributed by atoms with Crippen molar-refractivity contribution >= 4 is 17.7 Å². The summed E-state index contributed by atoms with van der Waals surface area (Å²) in [5, 5.41) is 12.1. The van der Waals surface area contributed by atoms with E-state index in [4.69, 9.17) is 9.47 Å².